The first-order chi connectivity index (χ1) is 13.6. The van der Waals surface area contributed by atoms with E-state index in [1.807, 2.05) is 36.4 Å². The predicted molar refractivity (Wildman–Crippen MR) is 116 cm³/mol. The molecule has 0 spiro atoms. The SMILES string of the molecule is C[N+]1=C(/C=C/c2cccc3nc4ccccc4nc23)C(C)(C)c2ccccc21.[I-]. The van der Waals surface area contributed by atoms with E-state index in [-0.39, 0.29) is 29.4 Å². The van der Waals surface area contributed by atoms with Gasteiger partial charge in [0.15, 0.2) is 5.71 Å². The van der Waals surface area contributed by atoms with Crippen molar-refractivity contribution < 1.29 is 28.6 Å². The molecular formula is C25H22IN3. The lowest BCUT2D eigenvalue weighted by Crippen LogP contribution is -3.00. The first-order valence-corrected chi connectivity index (χ1v) is 9.60. The van der Waals surface area contributed by atoms with E-state index in [0.29, 0.717) is 0 Å². The lowest BCUT2D eigenvalue weighted by molar-refractivity contribution is -0.401. The first kappa shape index (κ1) is 19.7. The van der Waals surface area contributed by atoms with Crippen molar-refractivity contribution in [2.75, 3.05) is 7.05 Å². The smallest absolute Gasteiger partial charge is 0.209 e. The number of nitrogens with zero attached hydrogens (tertiary/aromatic N) is 3. The van der Waals surface area contributed by atoms with Gasteiger partial charge in [-0.1, -0.05) is 42.5 Å². The van der Waals surface area contributed by atoms with Crippen LogP contribution in [0.2, 0.25) is 0 Å². The lowest BCUT2D eigenvalue weighted by atomic mass is 9.81. The number of benzene rings is 3. The normalized spacial score (nSPS) is 15.1. The van der Waals surface area contributed by atoms with Crippen LogP contribution >= 0.6 is 0 Å². The minimum Gasteiger partial charge on any atom is -1.00 e. The summed E-state index contributed by atoms with van der Waals surface area (Å²) >= 11 is 0. The number of rotatable bonds is 2. The van der Waals surface area contributed by atoms with Crippen molar-refractivity contribution >= 4 is 39.5 Å². The zero-order valence-electron chi connectivity index (χ0n) is 16.7. The highest BCUT2D eigenvalue weighted by Crippen LogP contribution is 2.39. The van der Waals surface area contributed by atoms with Gasteiger partial charge in [0.2, 0.25) is 5.69 Å². The van der Waals surface area contributed by atoms with Gasteiger partial charge in [0.25, 0.3) is 0 Å². The van der Waals surface area contributed by atoms with Gasteiger partial charge in [-0.15, -0.1) is 0 Å². The highest BCUT2D eigenvalue weighted by atomic mass is 127. The molecule has 144 valence electrons. The second-order valence-corrected chi connectivity index (χ2v) is 7.85. The molecule has 0 N–H and O–H groups in total. The van der Waals surface area contributed by atoms with Crippen molar-refractivity contribution in [1.29, 1.82) is 0 Å². The first-order valence-electron chi connectivity index (χ1n) is 9.60. The maximum absolute atomic E-state index is 4.88. The predicted octanol–water partition coefficient (Wildman–Crippen LogP) is 2.51. The van der Waals surface area contributed by atoms with Gasteiger partial charge in [-0.05, 0) is 38.1 Å². The highest BCUT2D eigenvalue weighted by Gasteiger charge is 2.42. The van der Waals surface area contributed by atoms with E-state index in [1.54, 1.807) is 0 Å². The molecule has 0 amide bonds. The molecule has 0 saturated heterocycles. The highest BCUT2D eigenvalue weighted by molar-refractivity contribution is 6.06. The molecule has 0 fully saturated rings. The van der Waals surface area contributed by atoms with Crippen LogP contribution in [0.5, 0.6) is 0 Å². The molecule has 4 aromatic rings. The van der Waals surface area contributed by atoms with Gasteiger partial charge in [0.1, 0.15) is 7.05 Å². The van der Waals surface area contributed by atoms with Crippen molar-refractivity contribution in [2.24, 2.45) is 0 Å². The maximum atomic E-state index is 4.88. The van der Waals surface area contributed by atoms with Crippen molar-refractivity contribution in [2.45, 2.75) is 19.3 Å². The van der Waals surface area contributed by atoms with Gasteiger partial charge < -0.3 is 24.0 Å². The Morgan fingerprint density at radius 1 is 0.759 bits per heavy atom. The zero-order chi connectivity index (χ0) is 19.3. The minimum absolute atomic E-state index is 0. The van der Waals surface area contributed by atoms with Crippen LogP contribution in [0.15, 0.2) is 72.8 Å². The van der Waals surface area contributed by atoms with Crippen LogP contribution in [0.1, 0.15) is 25.0 Å². The van der Waals surface area contributed by atoms with Crippen LogP contribution in [0.4, 0.5) is 5.69 Å². The second-order valence-electron chi connectivity index (χ2n) is 7.85. The van der Waals surface area contributed by atoms with Crippen molar-refractivity contribution in [3.8, 4) is 0 Å². The van der Waals surface area contributed by atoms with Gasteiger partial charge in [0.05, 0.1) is 27.5 Å². The van der Waals surface area contributed by atoms with Crippen LogP contribution in [0, 0.1) is 0 Å². The summed E-state index contributed by atoms with van der Waals surface area (Å²) in [5, 5.41) is 0. The average Bonchev–Trinajstić information content (AvgIpc) is 2.91. The molecule has 0 bridgehead atoms. The number of fused-ring (bicyclic) bond motifs is 3. The molecule has 29 heavy (non-hydrogen) atoms. The summed E-state index contributed by atoms with van der Waals surface area (Å²) in [5.74, 6) is 0. The Morgan fingerprint density at radius 2 is 1.41 bits per heavy atom. The number of aromatic nitrogens is 2. The van der Waals surface area contributed by atoms with E-state index in [0.717, 1.165) is 27.6 Å². The van der Waals surface area contributed by atoms with Crippen molar-refractivity contribution in [1.82, 2.24) is 9.97 Å². The number of hydrogen-bond donors (Lipinski definition) is 0. The molecule has 4 heteroatoms. The Kier molecular flexibility index (Phi) is 4.99. The summed E-state index contributed by atoms with van der Waals surface area (Å²) in [5.41, 5.74) is 8.68. The zero-order valence-corrected chi connectivity index (χ0v) is 18.9. The van der Waals surface area contributed by atoms with E-state index >= 15 is 0 Å². The Bertz CT molecular complexity index is 1300. The molecule has 2 heterocycles. The Labute approximate surface area is 187 Å². The third-order valence-electron chi connectivity index (χ3n) is 5.76. The number of para-hydroxylation sites is 4. The van der Waals surface area contributed by atoms with Crippen LogP contribution in [-0.2, 0) is 5.41 Å². The molecule has 1 aromatic heterocycles. The molecule has 3 aromatic carbocycles. The van der Waals surface area contributed by atoms with E-state index in [4.69, 9.17) is 9.97 Å². The van der Waals surface area contributed by atoms with Gasteiger partial charge in [0, 0.05) is 23.3 Å². The summed E-state index contributed by atoms with van der Waals surface area (Å²) < 4.78 is 2.29. The van der Waals surface area contributed by atoms with Gasteiger partial charge in [-0.2, -0.15) is 4.58 Å². The number of halogens is 1. The molecule has 0 radical (unpaired) electrons. The second kappa shape index (κ2) is 7.34. The van der Waals surface area contributed by atoms with E-state index < -0.39 is 0 Å². The minimum atomic E-state index is -0.0369. The molecule has 5 rings (SSSR count). The third-order valence-corrected chi connectivity index (χ3v) is 5.76. The van der Waals surface area contributed by atoms with Crippen LogP contribution < -0.4 is 24.0 Å². The molecular weight excluding hydrogens is 469 g/mol. The molecule has 0 unspecified atom stereocenters. The Hall–Kier alpha value is -2.60. The summed E-state index contributed by atoms with van der Waals surface area (Å²) in [7, 11) is 2.14. The van der Waals surface area contributed by atoms with Gasteiger partial charge in [-0.3, -0.25) is 0 Å². The number of hydrogen-bond acceptors (Lipinski definition) is 2. The van der Waals surface area contributed by atoms with Crippen LogP contribution in [0.3, 0.4) is 0 Å². The topological polar surface area (TPSA) is 28.8 Å². The summed E-state index contributed by atoms with van der Waals surface area (Å²) in [6.45, 7) is 4.57. The summed E-state index contributed by atoms with van der Waals surface area (Å²) in [6.07, 6.45) is 4.40. The molecule has 1 aliphatic heterocycles. The monoisotopic (exact) mass is 491 g/mol. The summed E-state index contributed by atoms with van der Waals surface area (Å²) in [6, 6.07) is 22.8. The molecule has 0 aliphatic carbocycles. The Morgan fingerprint density at radius 3 is 2.17 bits per heavy atom. The third kappa shape index (κ3) is 3.15. The Balaban J connectivity index is 0.00000205. The van der Waals surface area contributed by atoms with Gasteiger partial charge >= 0.3 is 0 Å². The van der Waals surface area contributed by atoms with Crippen molar-refractivity contribution in [3.05, 3.63) is 83.9 Å². The quantitative estimate of drug-likeness (QED) is 0.245. The molecule has 0 saturated carbocycles. The van der Waals surface area contributed by atoms with E-state index in [1.165, 1.54) is 17.0 Å². The fourth-order valence-electron chi connectivity index (χ4n) is 4.27. The van der Waals surface area contributed by atoms with E-state index in [2.05, 4.69) is 68.0 Å². The fourth-order valence-corrected chi connectivity index (χ4v) is 4.27. The molecule has 3 nitrogen and oxygen atoms in total. The standard InChI is InChI=1S/C25H22N3.HI/c1-25(2)18-10-4-7-14-22(18)28(3)23(25)16-15-17-9-8-13-21-24(17)27-20-12-6-5-11-19(20)26-21;/h4-16H,1-3H3;1H/q+1;/p-1. The lowest BCUT2D eigenvalue weighted by Gasteiger charge is -2.15. The largest absolute Gasteiger partial charge is 1.00 e. The maximum Gasteiger partial charge on any atom is 0.209 e. The van der Waals surface area contributed by atoms with E-state index in [9.17, 15) is 0 Å². The number of allylic oxidation sites excluding steroid dienone is 1. The van der Waals surface area contributed by atoms with Crippen LogP contribution in [0.25, 0.3) is 28.1 Å². The molecule has 0 atom stereocenters. The fraction of sp³-hybridized carbons (Fsp3) is 0.160. The molecule has 1 aliphatic rings. The van der Waals surface area contributed by atoms with Crippen molar-refractivity contribution in [3.63, 3.8) is 0 Å². The van der Waals surface area contributed by atoms with Gasteiger partial charge in [-0.25, -0.2) is 9.97 Å². The van der Waals surface area contributed by atoms with Crippen LogP contribution in [-0.4, -0.2) is 27.3 Å². The summed E-state index contributed by atoms with van der Waals surface area (Å²) in [4.78, 5) is 9.66. The average molecular weight is 491 g/mol.